The number of carbonyl (C=O) groups is 2. The molecule has 1 aromatic rings. The number of aromatic nitrogens is 1. The van der Waals surface area contributed by atoms with Crippen LogP contribution in [0.2, 0.25) is 0 Å². The van der Waals surface area contributed by atoms with Gasteiger partial charge in [0.1, 0.15) is 11.3 Å². The Morgan fingerprint density at radius 2 is 2.14 bits per heavy atom. The molecule has 1 aliphatic heterocycles. The molecule has 0 saturated carbocycles. The maximum atomic E-state index is 12.0. The van der Waals surface area contributed by atoms with E-state index in [0.717, 1.165) is 0 Å². The number of hydrogen-bond donors (Lipinski definition) is 1. The van der Waals surface area contributed by atoms with Crippen LogP contribution in [0.25, 0.3) is 0 Å². The van der Waals surface area contributed by atoms with Gasteiger partial charge < -0.3 is 19.7 Å². The van der Waals surface area contributed by atoms with Crippen molar-refractivity contribution in [2.45, 2.75) is 6.92 Å². The van der Waals surface area contributed by atoms with Gasteiger partial charge in [0.25, 0.3) is 5.91 Å². The van der Waals surface area contributed by atoms with Gasteiger partial charge in [-0.05, 0) is 13.0 Å². The Morgan fingerprint density at radius 1 is 1.43 bits per heavy atom. The lowest BCUT2D eigenvalue weighted by molar-refractivity contribution is 0.0525. The number of amides is 1. The third-order valence-electron chi connectivity index (χ3n) is 3.19. The molecule has 7 nitrogen and oxygen atoms in total. The smallest absolute Gasteiger partial charge is 0.341 e. The predicted octanol–water partition coefficient (Wildman–Crippen LogP) is 0.454. The van der Waals surface area contributed by atoms with Crippen molar-refractivity contribution in [1.82, 2.24) is 10.3 Å². The van der Waals surface area contributed by atoms with Crippen molar-refractivity contribution >= 4 is 17.6 Å². The molecule has 7 heteroatoms. The fourth-order valence-corrected chi connectivity index (χ4v) is 2.13. The molecule has 1 amide bonds. The van der Waals surface area contributed by atoms with Crippen LogP contribution in [0.15, 0.2) is 12.3 Å². The normalized spacial score (nSPS) is 14.7. The highest BCUT2D eigenvalue weighted by Gasteiger charge is 2.22. The monoisotopic (exact) mass is 293 g/mol. The van der Waals surface area contributed by atoms with Crippen molar-refractivity contribution in [3.8, 4) is 0 Å². The molecular formula is C14H19N3O4. The van der Waals surface area contributed by atoms with Crippen LogP contribution in [-0.2, 0) is 9.47 Å². The third kappa shape index (κ3) is 3.49. The highest BCUT2D eigenvalue weighted by Crippen LogP contribution is 2.23. The number of ether oxygens (including phenoxy) is 2. The number of nitrogens with zero attached hydrogens (tertiary/aromatic N) is 2. The second kappa shape index (κ2) is 7.03. The van der Waals surface area contributed by atoms with E-state index in [1.807, 2.05) is 4.90 Å². The zero-order valence-corrected chi connectivity index (χ0v) is 12.2. The van der Waals surface area contributed by atoms with E-state index in [1.165, 1.54) is 13.2 Å². The molecule has 1 fully saturated rings. The number of rotatable bonds is 4. The van der Waals surface area contributed by atoms with Crippen LogP contribution in [0.1, 0.15) is 27.8 Å². The summed E-state index contributed by atoms with van der Waals surface area (Å²) in [5.41, 5.74) is 1.30. The molecular weight excluding hydrogens is 274 g/mol. The van der Waals surface area contributed by atoms with Crippen molar-refractivity contribution in [3.63, 3.8) is 0 Å². The van der Waals surface area contributed by atoms with Gasteiger partial charge >= 0.3 is 5.97 Å². The number of esters is 1. The summed E-state index contributed by atoms with van der Waals surface area (Å²) in [5.74, 6) is -0.727. The largest absolute Gasteiger partial charge is 0.462 e. The molecule has 0 aromatic carbocycles. The molecule has 0 radical (unpaired) electrons. The van der Waals surface area contributed by atoms with Crippen LogP contribution in [-0.4, -0.2) is 56.8 Å². The molecule has 0 bridgehead atoms. The van der Waals surface area contributed by atoms with Gasteiger partial charge in [-0.3, -0.25) is 9.78 Å². The quantitative estimate of drug-likeness (QED) is 0.812. The van der Waals surface area contributed by atoms with Gasteiger partial charge in [-0.25, -0.2) is 4.79 Å². The van der Waals surface area contributed by atoms with Crippen LogP contribution in [0.3, 0.4) is 0 Å². The summed E-state index contributed by atoms with van der Waals surface area (Å²) in [6.45, 7) is 4.52. The van der Waals surface area contributed by atoms with Gasteiger partial charge in [0.05, 0.1) is 25.5 Å². The first-order chi connectivity index (χ1) is 10.2. The van der Waals surface area contributed by atoms with E-state index in [9.17, 15) is 9.59 Å². The lowest BCUT2D eigenvalue weighted by Gasteiger charge is -2.30. The topological polar surface area (TPSA) is 80.8 Å². The Balaban J connectivity index is 2.38. The van der Waals surface area contributed by atoms with E-state index in [0.29, 0.717) is 44.2 Å². The molecule has 1 aromatic heterocycles. The van der Waals surface area contributed by atoms with Gasteiger partial charge in [0.15, 0.2) is 0 Å². The standard InChI is InChI=1S/C14H19N3O4/c1-3-21-14(19)10-9-16-11(13(18)15-2)8-12(10)17-4-6-20-7-5-17/h8-9H,3-7H2,1-2H3,(H,15,18). The van der Waals surface area contributed by atoms with Crippen LogP contribution in [0, 0.1) is 0 Å². The average molecular weight is 293 g/mol. The highest BCUT2D eigenvalue weighted by molar-refractivity contribution is 5.99. The molecule has 0 atom stereocenters. The van der Waals surface area contributed by atoms with Crippen molar-refractivity contribution < 1.29 is 19.1 Å². The minimum absolute atomic E-state index is 0.270. The summed E-state index contributed by atoms with van der Waals surface area (Å²) in [7, 11) is 1.54. The maximum absolute atomic E-state index is 12.0. The lowest BCUT2D eigenvalue weighted by atomic mass is 10.1. The molecule has 0 spiro atoms. The van der Waals surface area contributed by atoms with Crippen LogP contribution in [0.5, 0.6) is 0 Å². The zero-order valence-electron chi connectivity index (χ0n) is 12.2. The zero-order chi connectivity index (χ0) is 15.2. The van der Waals surface area contributed by atoms with E-state index in [1.54, 1.807) is 13.0 Å². The first-order valence-corrected chi connectivity index (χ1v) is 6.89. The second-order valence-corrected chi connectivity index (χ2v) is 4.49. The number of pyridine rings is 1. The fraction of sp³-hybridized carbons (Fsp3) is 0.500. The van der Waals surface area contributed by atoms with Crippen molar-refractivity contribution in [2.24, 2.45) is 0 Å². The van der Waals surface area contributed by atoms with Crippen molar-refractivity contribution in [2.75, 3.05) is 44.9 Å². The maximum Gasteiger partial charge on any atom is 0.341 e. The van der Waals surface area contributed by atoms with Gasteiger partial charge in [0, 0.05) is 26.3 Å². The number of morpholine rings is 1. The second-order valence-electron chi connectivity index (χ2n) is 4.49. The van der Waals surface area contributed by atoms with E-state index in [2.05, 4.69) is 10.3 Å². The lowest BCUT2D eigenvalue weighted by Crippen LogP contribution is -2.37. The minimum Gasteiger partial charge on any atom is -0.462 e. The molecule has 114 valence electrons. The Hall–Kier alpha value is -2.15. The first kappa shape index (κ1) is 15.2. The Kier molecular flexibility index (Phi) is 5.10. The summed E-state index contributed by atoms with van der Waals surface area (Å²) in [6.07, 6.45) is 1.40. The van der Waals surface area contributed by atoms with E-state index >= 15 is 0 Å². The van der Waals surface area contributed by atoms with Gasteiger partial charge in [-0.1, -0.05) is 0 Å². The first-order valence-electron chi connectivity index (χ1n) is 6.89. The van der Waals surface area contributed by atoms with Crippen molar-refractivity contribution in [3.05, 3.63) is 23.5 Å². The van der Waals surface area contributed by atoms with Gasteiger partial charge in [-0.15, -0.1) is 0 Å². The van der Waals surface area contributed by atoms with E-state index in [4.69, 9.17) is 9.47 Å². The summed E-state index contributed by atoms with van der Waals surface area (Å²) < 4.78 is 10.4. The Labute approximate surface area is 123 Å². The van der Waals surface area contributed by atoms with Crippen LogP contribution < -0.4 is 10.2 Å². The molecule has 1 aliphatic rings. The summed E-state index contributed by atoms with van der Waals surface area (Å²) >= 11 is 0. The Bertz CT molecular complexity index is 527. The summed E-state index contributed by atoms with van der Waals surface area (Å²) in [5, 5.41) is 2.52. The number of hydrogen-bond acceptors (Lipinski definition) is 6. The van der Waals surface area contributed by atoms with E-state index in [-0.39, 0.29) is 11.6 Å². The molecule has 0 unspecified atom stereocenters. The molecule has 1 N–H and O–H groups in total. The molecule has 0 aliphatic carbocycles. The molecule has 1 saturated heterocycles. The number of nitrogens with one attached hydrogen (secondary N) is 1. The summed E-state index contributed by atoms with van der Waals surface area (Å²) in [4.78, 5) is 29.8. The number of anilines is 1. The Morgan fingerprint density at radius 3 is 2.76 bits per heavy atom. The SMILES string of the molecule is CCOC(=O)c1cnc(C(=O)NC)cc1N1CCOCC1. The highest BCUT2D eigenvalue weighted by atomic mass is 16.5. The molecule has 2 rings (SSSR count). The predicted molar refractivity (Wildman–Crippen MR) is 76.6 cm³/mol. The van der Waals surface area contributed by atoms with Gasteiger partial charge in [-0.2, -0.15) is 0 Å². The van der Waals surface area contributed by atoms with Crippen LogP contribution in [0.4, 0.5) is 5.69 Å². The van der Waals surface area contributed by atoms with Gasteiger partial charge in [0.2, 0.25) is 0 Å². The third-order valence-corrected chi connectivity index (χ3v) is 3.19. The average Bonchev–Trinajstić information content (AvgIpc) is 2.54. The van der Waals surface area contributed by atoms with Crippen LogP contribution >= 0.6 is 0 Å². The fourth-order valence-electron chi connectivity index (χ4n) is 2.13. The number of carbonyl (C=O) groups excluding carboxylic acids is 2. The minimum atomic E-state index is -0.435. The molecule has 2 heterocycles. The van der Waals surface area contributed by atoms with E-state index < -0.39 is 5.97 Å². The summed E-state index contributed by atoms with van der Waals surface area (Å²) in [6, 6.07) is 1.62. The van der Waals surface area contributed by atoms with Crippen molar-refractivity contribution in [1.29, 1.82) is 0 Å². The molecule has 21 heavy (non-hydrogen) atoms.